The van der Waals surface area contributed by atoms with Gasteiger partial charge in [0, 0.05) is 49.3 Å². The van der Waals surface area contributed by atoms with Gasteiger partial charge in [-0.05, 0) is 53.3 Å². The van der Waals surface area contributed by atoms with Crippen molar-refractivity contribution in [3.8, 4) is 5.69 Å². The Morgan fingerprint density at radius 2 is 1.93 bits per heavy atom. The molecule has 3 heterocycles. The highest BCUT2D eigenvalue weighted by molar-refractivity contribution is 6.31. The Hall–Kier alpha value is -4.71. The van der Waals surface area contributed by atoms with E-state index in [1.807, 2.05) is 6.92 Å². The van der Waals surface area contributed by atoms with Gasteiger partial charge < -0.3 is 10.0 Å². The molecule has 0 bridgehead atoms. The van der Waals surface area contributed by atoms with Crippen molar-refractivity contribution in [2.75, 3.05) is 6.54 Å². The molecule has 1 N–H and O–H groups in total. The zero-order valence-electron chi connectivity index (χ0n) is 21.5. The van der Waals surface area contributed by atoms with E-state index in [4.69, 9.17) is 16.7 Å². The molecule has 1 aliphatic rings. The topological polar surface area (TPSA) is 136 Å². The molecule has 0 saturated heterocycles. The summed E-state index contributed by atoms with van der Waals surface area (Å²) in [5, 5.41) is 24.5. The fourth-order valence-corrected chi connectivity index (χ4v) is 4.98. The molecule has 2 aromatic heterocycles. The second-order valence-corrected chi connectivity index (χ2v) is 9.69. The molecule has 11 nitrogen and oxygen atoms in total. The summed E-state index contributed by atoms with van der Waals surface area (Å²) in [6, 6.07) is 7.98. The van der Waals surface area contributed by atoms with E-state index in [0.29, 0.717) is 17.5 Å². The van der Waals surface area contributed by atoms with Crippen molar-refractivity contribution in [2.24, 2.45) is 7.05 Å². The molecule has 1 amide bonds. The molecule has 1 unspecified atom stereocenters. The number of amides is 1. The number of nitrogens with zero attached hydrogens (tertiary/aromatic N) is 7. The molecule has 0 fully saturated rings. The number of hydrogen-bond donors (Lipinski definition) is 1. The molecule has 0 radical (unpaired) electrons. The maximum absolute atomic E-state index is 15.0. The highest BCUT2D eigenvalue weighted by Gasteiger charge is 2.38. The number of benzene rings is 2. The van der Waals surface area contributed by atoms with Crippen LogP contribution < -0.4 is 0 Å². The Labute approximate surface area is 232 Å². The minimum Gasteiger partial charge on any atom is -0.478 e. The lowest BCUT2D eigenvalue weighted by Crippen LogP contribution is -2.43. The van der Waals surface area contributed by atoms with Crippen molar-refractivity contribution in [1.82, 2.24) is 34.9 Å². The number of ketones is 1. The lowest BCUT2D eigenvalue weighted by molar-refractivity contribution is -0.136. The van der Waals surface area contributed by atoms with Crippen LogP contribution in [0.1, 0.15) is 44.5 Å². The van der Waals surface area contributed by atoms with Crippen LogP contribution in [0, 0.1) is 12.7 Å². The molecule has 13 heteroatoms. The van der Waals surface area contributed by atoms with Crippen LogP contribution in [0.15, 0.2) is 48.8 Å². The number of carboxylic acids is 1. The van der Waals surface area contributed by atoms with Gasteiger partial charge in [-0.3, -0.25) is 14.3 Å². The van der Waals surface area contributed by atoms with Crippen LogP contribution in [-0.4, -0.2) is 64.2 Å². The van der Waals surface area contributed by atoms with E-state index >= 15 is 4.39 Å². The first-order valence-corrected chi connectivity index (χ1v) is 12.6. The molecule has 4 aromatic rings. The normalized spacial score (nSPS) is 14.9. The van der Waals surface area contributed by atoms with Crippen LogP contribution in [0.5, 0.6) is 0 Å². The first kappa shape index (κ1) is 26.9. The van der Waals surface area contributed by atoms with Gasteiger partial charge in [-0.2, -0.15) is 9.78 Å². The molecule has 0 spiro atoms. The van der Waals surface area contributed by atoms with Crippen LogP contribution in [0.3, 0.4) is 0 Å². The second-order valence-electron chi connectivity index (χ2n) is 9.28. The van der Waals surface area contributed by atoms with Crippen molar-refractivity contribution in [2.45, 2.75) is 25.8 Å². The number of fused-ring (bicyclic) bond motifs is 1. The van der Waals surface area contributed by atoms with Gasteiger partial charge in [0.15, 0.2) is 11.6 Å². The Balaban J connectivity index is 1.48. The summed E-state index contributed by atoms with van der Waals surface area (Å²) in [4.78, 5) is 40.0. The van der Waals surface area contributed by atoms with E-state index in [9.17, 15) is 14.4 Å². The number of aromatic carboxylic acids is 1. The molecule has 1 atom stereocenters. The molecule has 0 aliphatic carbocycles. The SMILES string of the molecule is Cc1c2c(nn1C)CCN(C(=O)/C=C/c1c(-n3cnnn3)ccc(Cl)c1F)C2C(=O)Cc1ccc(C(=O)O)cc1. The Morgan fingerprint density at radius 1 is 1.18 bits per heavy atom. The number of carbonyl (C=O) groups is 3. The molecule has 0 saturated carbocycles. The zero-order chi connectivity index (χ0) is 28.6. The minimum atomic E-state index is -1.07. The molecule has 5 rings (SSSR count). The van der Waals surface area contributed by atoms with Gasteiger partial charge in [-0.15, -0.1) is 5.10 Å². The van der Waals surface area contributed by atoms with Crippen molar-refractivity contribution >= 4 is 35.3 Å². The van der Waals surface area contributed by atoms with Crippen molar-refractivity contribution in [3.05, 3.63) is 93.3 Å². The molecular weight excluding hydrogens is 541 g/mol. The van der Waals surface area contributed by atoms with E-state index in [1.54, 1.807) is 23.9 Å². The fraction of sp³-hybridized carbons (Fsp3) is 0.222. The van der Waals surface area contributed by atoms with Crippen LogP contribution >= 0.6 is 11.6 Å². The summed E-state index contributed by atoms with van der Waals surface area (Å²) in [6.07, 6.45) is 4.18. The average Bonchev–Trinajstić information content (AvgIpc) is 3.57. The molecular formula is C27H23ClFN7O4. The highest BCUT2D eigenvalue weighted by atomic mass is 35.5. The number of carboxylic acid groups (broad SMARTS) is 1. The monoisotopic (exact) mass is 563 g/mol. The fourth-order valence-electron chi connectivity index (χ4n) is 4.82. The summed E-state index contributed by atoms with van der Waals surface area (Å²) in [6.45, 7) is 2.05. The average molecular weight is 564 g/mol. The first-order chi connectivity index (χ1) is 19.2. The number of tetrazole rings is 1. The number of aryl methyl sites for hydroxylation is 1. The van der Waals surface area contributed by atoms with Crippen LogP contribution in [0.2, 0.25) is 5.02 Å². The molecule has 1 aliphatic heterocycles. The number of halogens is 2. The van der Waals surface area contributed by atoms with Crippen LogP contribution in [0.4, 0.5) is 4.39 Å². The Kier molecular flexibility index (Phi) is 7.26. The van der Waals surface area contributed by atoms with Crippen molar-refractivity contribution in [3.63, 3.8) is 0 Å². The number of aromatic nitrogens is 6. The maximum Gasteiger partial charge on any atom is 0.335 e. The van der Waals surface area contributed by atoms with Gasteiger partial charge in [0.1, 0.15) is 12.4 Å². The molecule has 40 heavy (non-hydrogen) atoms. The van der Waals surface area contributed by atoms with Gasteiger partial charge >= 0.3 is 5.97 Å². The van der Waals surface area contributed by atoms with E-state index in [-0.39, 0.29) is 40.6 Å². The van der Waals surface area contributed by atoms with E-state index in [0.717, 1.165) is 11.4 Å². The van der Waals surface area contributed by atoms with E-state index in [1.165, 1.54) is 52.3 Å². The predicted octanol–water partition coefficient (Wildman–Crippen LogP) is 3.15. The van der Waals surface area contributed by atoms with E-state index < -0.39 is 23.7 Å². The zero-order valence-corrected chi connectivity index (χ0v) is 22.2. The third kappa shape index (κ3) is 5.00. The second kappa shape index (κ2) is 10.8. The summed E-state index contributed by atoms with van der Waals surface area (Å²) >= 11 is 6.00. The van der Waals surface area contributed by atoms with E-state index in [2.05, 4.69) is 20.6 Å². The van der Waals surface area contributed by atoms with Crippen LogP contribution in [-0.2, 0) is 29.5 Å². The predicted molar refractivity (Wildman–Crippen MR) is 141 cm³/mol. The maximum atomic E-state index is 15.0. The van der Waals surface area contributed by atoms with Gasteiger partial charge in [-0.25, -0.2) is 9.18 Å². The number of Topliss-reactive ketones (excluding diaryl/α,β-unsaturated/α-hetero) is 1. The summed E-state index contributed by atoms with van der Waals surface area (Å²) in [7, 11) is 1.77. The summed E-state index contributed by atoms with van der Waals surface area (Å²) in [5.74, 6) is -2.58. The summed E-state index contributed by atoms with van der Waals surface area (Å²) < 4.78 is 18.0. The minimum absolute atomic E-state index is 0.00445. The lowest BCUT2D eigenvalue weighted by atomic mass is 9.90. The van der Waals surface area contributed by atoms with Gasteiger partial charge in [0.05, 0.1) is 22.0 Å². The highest BCUT2D eigenvalue weighted by Crippen LogP contribution is 2.34. The van der Waals surface area contributed by atoms with Crippen LogP contribution in [0.25, 0.3) is 11.8 Å². The largest absolute Gasteiger partial charge is 0.478 e. The Bertz CT molecular complexity index is 1650. The van der Waals surface area contributed by atoms with Gasteiger partial charge in [-0.1, -0.05) is 23.7 Å². The lowest BCUT2D eigenvalue weighted by Gasteiger charge is -2.34. The molecule has 204 valence electrons. The third-order valence-electron chi connectivity index (χ3n) is 6.90. The van der Waals surface area contributed by atoms with Gasteiger partial charge in [0.2, 0.25) is 5.91 Å². The van der Waals surface area contributed by atoms with Crippen molar-refractivity contribution in [1.29, 1.82) is 0 Å². The van der Waals surface area contributed by atoms with Crippen molar-refractivity contribution < 1.29 is 23.9 Å². The first-order valence-electron chi connectivity index (χ1n) is 12.2. The standard InChI is InChI=1S/C27H23ClFN7O4/c1-15-24-20(31-34(15)2)11-12-35(26(24)22(37)13-16-3-5-17(6-4-16)27(39)40)23(38)10-7-18-21(36-14-30-32-33-36)9-8-19(28)25(18)29/h3-10,14,26H,11-13H2,1-2H3,(H,39,40)/b10-7+. The quantitative estimate of drug-likeness (QED) is 0.339. The van der Waals surface area contributed by atoms with Gasteiger partial charge in [0.25, 0.3) is 0 Å². The Morgan fingerprint density at radius 3 is 2.60 bits per heavy atom. The number of carbonyl (C=O) groups excluding carboxylic acids is 2. The number of hydrogen-bond acceptors (Lipinski definition) is 7. The number of rotatable bonds is 7. The summed E-state index contributed by atoms with van der Waals surface area (Å²) in [5.41, 5.74) is 3.13. The smallest absolute Gasteiger partial charge is 0.335 e. The molecule has 2 aromatic carbocycles. The third-order valence-corrected chi connectivity index (χ3v) is 7.19.